The summed E-state index contributed by atoms with van der Waals surface area (Å²) in [5, 5.41) is 32.0. The van der Waals surface area contributed by atoms with Crippen LogP contribution in [0.5, 0.6) is 0 Å². The molecule has 144 valence electrons. The highest BCUT2D eigenvalue weighted by molar-refractivity contribution is 5.75. The molecule has 1 spiro atoms. The Balaban J connectivity index is 0.00000182. The summed E-state index contributed by atoms with van der Waals surface area (Å²) in [4.78, 5) is 12.1. The normalized spacial score (nSPS) is 57.2. The van der Waals surface area contributed by atoms with Crippen molar-refractivity contribution in [1.82, 2.24) is 0 Å². The fourth-order valence-electron chi connectivity index (χ4n) is 7.94. The van der Waals surface area contributed by atoms with Gasteiger partial charge in [0.1, 0.15) is 0 Å². The van der Waals surface area contributed by atoms with Crippen LogP contribution in [0.25, 0.3) is 0 Å². The van der Waals surface area contributed by atoms with Gasteiger partial charge in [-0.1, -0.05) is 13.3 Å². The zero-order valence-electron chi connectivity index (χ0n) is 15.7. The van der Waals surface area contributed by atoms with Crippen LogP contribution in [0.4, 0.5) is 0 Å². The first-order chi connectivity index (χ1) is 11.1. The topological polar surface area (TPSA) is 109 Å². The number of aliphatic carboxylic acids is 1. The molecule has 25 heavy (non-hydrogen) atoms. The third-order valence-corrected chi connectivity index (χ3v) is 9.07. The van der Waals surface area contributed by atoms with Crippen LogP contribution in [-0.4, -0.2) is 38.5 Å². The second kappa shape index (κ2) is 5.43. The second-order valence-corrected chi connectivity index (χ2v) is 10.2. The molecule has 4 aliphatic rings. The molecule has 4 saturated carbocycles. The monoisotopic (exact) mass is 354 g/mol. The highest BCUT2D eigenvalue weighted by atomic mass is 16.4. The van der Waals surface area contributed by atoms with Crippen molar-refractivity contribution in [1.29, 1.82) is 0 Å². The van der Waals surface area contributed by atoms with E-state index in [4.69, 9.17) is 0 Å². The van der Waals surface area contributed by atoms with Gasteiger partial charge < -0.3 is 20.8 Å². The number of carboxylic acids is 1. The Kier molecular flexibility index (Phi) is 4.15. The lowest BCUT2D eigenvalue weighted by molar-refractivity contribution is -0.209. The standard InChI is InChI=1S/C20H32O4.H2O/c1-17-7-4-8-18(2,16(22)23)14(17)9-15(21)20-10-12(5-6-13(17)20)19(3,24)11-20;/h12-15,21,24H,4-11H2,1-3H3,(H,22,23);1H2/t12-,13+,14+,15-,17+,18-,19-,20-;/m1./s1. The molecule has 2 bridgehead atoms. The minimum atomic E-state index is -0.729. The predicted molar refractivity (Wildman–Crippen MR) is 93.9 cm³/mol. The summed E-state index contributed by atoms with van der Waals surface area (Å²) >= 11 is 0. The van der Waals surface area contributed by atoms with E-state index >= 15 is 0 Å². The molecule has 0 aromatic heterocycles. The molecule has 0 aromatic rings. The average Bonchev–Trinajstić information content (AvgIpc) is 2.68. The van der Waals surface area contributed by atoms with E-state index in [9.17, 15) is 20.1 Å². The molecule has 5 N–H and O–H groups in total. The van der Waals surface area contributed by atoms with Gasteiger partial charge >= 0.3 is 5.97 Å². The largest absolute Gasteiger partial charge is 0.481 e. The van der Waals surface area contributed by atoms with Crippen LogP contribution in [0.15, 0.2) is 0 Å². The molecular formula is C20H34O5. The summed E-state index contributed by atoms with van der Waals surface area (Å²) in [5.41, 5.74) is -1.64. The second-order valence-electron chi connectivity index (χ2n) is 10.2. The average molecular weight is 354 g/mol. The Morgan fingerprint density at radius 1 is 1.08 bits per heavy atom. The van der Waals surface area contributed by atoms with E-state index in [1.165, 1.54) is 0 Å². The Hall–Kier alpha value is -0.650. The molecule has 0 heterocycles. The SMILES string of the molecule is C[C@@]12CCC[C@@](C)(C(=O)O)[C@H]1C[C@@H](O)[C@@]13C[C@@H](CC[C@@H]21)[C@](C)(O)C3.O. The molecule has 5 nitrogen and oxygen atoms in total. The summed E-state index contributed by atoms with van der Waals surface area (Å²) in [5.74, 6) is -0.0430. The number of hydrogen-bond donors (Lipinski definition) is 3. The van der Waals surface area contributed by atoms with Crippen molar-refractivity contribution >= 4 is 5.97 Å². The fourth-order valence-corrected chi connectivity index (χ4v) is 7.94. The van der Waals surface area contributed by atoms with E-state index in [2.05, 4.69) is 6.92 Å². The van der Waals surface area contributed by atoms with Gasteiger partial charge in [-0.3, -0.25) is 4.79 Å². The third-order valence-electron chi connectivity index (χ3n) is 9.07. The molecule has 0 aliphatic heterocycles. The van der Waals surface area contributed by atoms with Crippen LogP contribution >= 0.6 is 0 Å². The smallest absolute Gasteiger partial charge is 0.309 e. The Labute approximate surface area is 150 Å². The van der Waals surface area contributed by atoms with Crippen LogP contribution in [0.2, 0.25) is 0 Å². The van der Waals surface area contributed by atoms with Gasteiger partial charge in [-0.15, -0.1) is 0 Å². The molecule has 8 atom stereocenters. The van der Waals surface area contributed by atoms with Gasteiger partial charge in [-0.05, 0) is 82.0 Å². The van der Waals surface area contributed by atoms with E-state index in [0.29, 0.717) is 18.8 Å². The Morgan fingerprint density at radius 2 is 1.76 bits per heavy atom. The summed E-state index contributed by atoms with van der Waals surface area (Å²) in [6.45, 7) is 6.14. The first-order valence-corrected chi connectivity index (χ1v) is 9.70. The van der Waals surface area contributed by atoms with E-state index in [0.717, 1.165) is 38.5 Å². The lowest BCUT2D eigenvalue weighted by Crippen LogP contribution is -2.62. The van der Waals surface area contributed by atoms with Gasteiger partial charge in [0, 0.05) is 5.41 Å². The van der Waals surface area contributed by atoms with Crippen LogP contribution < -0.4 is 0 Å². The van der Waals surface area contributed by atoms with Gasteiger partial charge in [-0.2, -0.15) is 0 Å². The molecule has 4 fully saturated rings. The summed E-state index contributed by atoms with van der Waals surface area (Å²) in [6.07, 6.45) is 6.48. The maximum atomic E-state index is 12.1. The molecule has 0 radical (unpaired) electrons. The quantitative estimate of drug-likeness (QED) is 0.671. The Morgan fingerprint density at radius 3 is 2.40 bits per heavy atom. The van der Waals surface area contributed by atoms with Gasteiger partial charge in [0.15, 0.2) is 0 Å². The lowest BCUT2D eigenvalue weighted by atomic mass is 9.40. The van der Waals surface area contributed by atoms with Crippen molar-refractivity contribution in [2.75, 3.05) is 0 Å². The van der Waals surface area contributed by atoms with E-state index in [1.54, 1.807) is 0 Å². The van der Waals surface area contributed by atoms with Crippen LogP contribution in [0.3, 0.4) is 0 Å². The van der Waals surface area contributed by atoms with Gasteiger partial charge in [0.2, 0.25) is 0 Å². The number of carbonyl (C=O) groups is 1. The molecule has 0 amide bonds. The number of hydrogen-bond acceptors (Lipinski definition) is 3. The molecule has 5 heteroatoms. The molecule has 4 aliphatic carbocycles. The predicted octanol–water partition coefficient (Wildman–Crippen LogP) is 2.38. The zero-order chi connectivity index (χ0) is 17.5. The van der Waals surface area contributed by atoms with Crippen molar-refractivity contribution < 1.29 is 25.6 Å². The molecule has 0 aromatic carbocycles. The Bertz CT molecular complexity index is 574. The number of rotatable bonds is 1. The molecular weight excluding hydrogens is 320 g/mol. The minimum Gasteiger partial charge on any atom is -0.481 e. The first-order valence-electron chi connectivity index (χ1n) is 9.70. The van der Waals surface area contributed by atoms with Crippen molar-refractivity contribution in [3.63, 3.8) is 0 Å². The lowest BCUT2D eigenvalue weighted by Gasteiger charge is -2.64. The maximum absolute atomic E-state index is 12.1. The zero-order valence-corrected chi connectivity index (χ0v) is 15.7. The number of aliphatic hydroxyl groups excluding tert-OH is 1. The minimum absolute atomic E-state index is 0. The summed E-state index contributed by atoms with van der Waals surface area (Å²) < 4.78 is 0. The van der Waals surface area contributed by atoms with E-state index in [-0.39, 0.29) is 28.1 Å². The molecule has 0 saturated heterocycles. The van der Waals surface area contributed by atoms with Gasteiger partial charge in [0.05, 0.1) is 17.1 Å². The van der Waals surface area contributed by atoms with Gasteiger partial charge in [-0.25, -0.2) is 0 Å². The summed E-state index contributed by atoms with van der Waals surface area (Å²) in [7, 11) is 0. The molecule has 0 unspecified atom stereocenters. The van der Waals surface area contributed by atoms with Crippen LogP contribution in [-0.2, 0) is 4.79 Å². The fraction of sp³-hybridized carbons (Fsp3) is 0.950. The molecule has 4 rings (SSSR count). The number of carboxylic acid groups (broad SMARTS) is 1. The maximum Gasteiger partial charge on any atom is 0.309 e. The first kappa shape index (κ1) is 19.1. The van der Waals surface area contributed by atoms with Crippen molar-refractivity contribution in [3.8, 4) is 0 Å². The van der Waals surface area contributed by atoms with Crippen molar-refractivity contribution in [3.05, 3.63) is 0 Å². The van der Waals surface area contributed by atoms with Crippen LogP contribution in [0, 0.1) is 34.0 Å². The van der Waals surface area contributed by atoms with Gasteiger partial charge in [0.25, 0.3) is 0 Å². The summed E-state index contributed by atoms with van der Waals surface area (Å²) in [6, 6.07) is 0. The van der Waals surface area contributed by atoms with E-state index < -0.39 is 23.1 Å². The van der Waals surface area contributed by atoms with Crippen LogP contribution in [0.1, 0.15) is 72.1 Å². The van der Waals surface area contributed by atoms with E-state index in [1.807, 2.05) is 13.8 Å². The number of aliphatic hydroxyl groups is 2. The highest BCUT2D eigenvalue weighted by Crippen LogP contribution is 2.72. The van der Waals surface area contributed by atoms with Crippen molar-refractivity contribution in [2.45, 2.75) is 83.8 Å². The van der Waals surface area contributed by atoms with Crippen molar-refractivity contribution in [2.24, 2.45) is 34.0 Å². The number of fused-ring (bicyclic) bond motifs is 3. The third kappa shape index (κ3) is 2.21. The highest BCUT2D eigenvalue weighted by Gasteiger charge is 2.70.